The molecule has 0 spiro atoms. The molecule has 1 aliphatic heterocycles. The maximum atomic E-state index is 12.0. The average Bonchev–Trinajstić information content (AvgIpc) is 2.47. The first-order chi connectivity index (χ1) is 9.20. The third kappa shape index (κ3) is 4.39. The summed E-state index contributed by atoms with van der Waals surface area (Å²) in [5.74, 6) is 0.995. The molecule has 0 bridgehead atoms. The Bertz CT molecular complexity index is 406. The normalized spacial score (nSPS) is 17.2. The number of carbonyl (C=O) groups is 1. The van der Waals surface area contributed by atoms with E-state index in [0.717, 1.165) is 31.7 Å². The molecule has 1 fully saturated rings. The summed E-state index contributed by atoms with van der Waals surface area (Å²) >= 11 is 0. The van der Waals surface area contributed by atoms with E-state index in [1.807, 2.05) is 42.2 Å². The van der Waals surface area contributed by atoms with Crippen LogP contribution in [0.4, 0.5) is 0 Å². The molecule has 0 radical (unpaired) electrons. The molecule has 4 nitrogen and oxygen atoms in total. The first-order valence-electron chi connectivity index (χ1n) is 6.91. The van der Waals surface area contributed by atoms with Crippen LogP contribution in [0.3, 0.4) is 0 Å². The number of ether oxygens (including phenoxy) is 1. The Morgan fingerprint density at radius 3 is 2.50 bits per heavy atom. The van der Waals surface area contributed by atoms with Gasteiger partial charge in [-0.25, -0.2) is 0 Å². The molecule has 20 heavy (non-hydrogen) atoms. The third-order valence-electron chi connectivity index (χ3n) is 3.57. The van der Waals surface area contributed by atoms with Crippen molar-refractivity contribution in [3.05, 3.63) is 30.3 Å². The molecule has 1 saturated heterocycles. The first kappa shape index (κ1) is 16.8. The van der Waals surface area contributed by atoms with Crippen LogP contribution in [-0.2, 0) is 4.79 Å². The molecule has 1 amide bonds. The van der Waals surface area contributed by atoms with Gasteiger partial charge in [0.1, 0.15) is 11.9 Å². The summed E-state index contributed by atoms with van der Waals surface area (Å²) in [5, 5.41) is 0. The second-order valence-electron chi connectivity index (χ2n) is 5.09. The summed E-state index contributed by atoms with van der Waals surface area (Å²) in [6.07, 6.45) is 1.98. The second kappa shape index (κ2) is 8.12. The van der Waals surface area contributed by atoms with Crippen molar-refractivity contribution in [2.24, 2.45) is 11.7 Å². The van der Waals surface area contributed by atoms with E-state index in [4.69, 9.17) is 10.5 Å². The number of nitrogens with two attached hydrogens (primary N) is 1. The molecular weight excluding hydrogens is 276 g/mol. The van der Waals surface area contributed by atoms with Gasteiger partial charge in [-0.1, -0.05) is 25.1 Å². The number of rotatable bonds is 4. The van der Waals surface area contributed by atoms with Crippen molar-refractivity contribution in [2.75, 3.05) is 19.6 Å². The summed E-state index contributed by atoms with van der Waals surface area (Å²) in [4.78, 5) is 13.9. The van der Waals surface area contributed by atoms with Gasteiger partial charge in [-0.05, 0) is 12.1 Å². The van der Waals surface area contributed by atoms with Gasteiger partial charge in [0.25, 0.3) is 0 Å². The Kier molecular flexibility index (Phi) is 6.82. The Morgan fingerprint density at radius 1 is 1.35 bits per heavy atom. The predicted octanol–water partition coefficient (Wildman–Crippen LogP) is 2.07. The lowest BCUT2D eigenvalue weighted by Crippen LogP contribution is -2.45. The minimum atomic E-state index is -0.0772. The van der Waals surface area contributed by atoms with Gasteiger partial charge < -0.3 is 15.4 Å². The zero-order valence-corrected chi connectivity index (χ0v) is 12.6. The molecule has 1 aromatic rings. The molecular formula is C15H23ClN2O2. The van der Waals surface area contributed by atoms with E-state index in [1.165, 1.54) is 0 Å². The monoisotopic (exact) mass is 298 g/mol. The number of para-hydroxylation sites is 1. The largest absolute Gasteiger partial charge is 0.490 e. The highest BCUT2D eigenvalue weighted by Gasteiger charge is 2.26. The lowest BCUT2D eigenvalue weighted by Gasteiger charge is -2.33. The van der Waals surface area contributed by atoms with Crippen LogP contribution in [0.5, 0.6) is 5.75 Å². The quantitative estimate of drug-likeness (QED) is 0.926. The molecule has 2 N–H and O–H groups in total. The molecule has 2 rings (SSSR count). The van der Waals surface area contributed by atoms with Crippen LogP contribution in [0.25, 0.3) is 0 Å². The molecule has 1 aromatic carbocycles. The topological polar surface area (TPSA) is 55.6 Å². The molecule has 0 saturated carbocycles. The van der Waals surface area contributed by atoms with Crippen molar-refractivity contribution >= 4 is 18.3 Å². The molecule has 1 heterocycles. The van der Waals surface area contributed by atoms with E-state index in [9.17, 15) is 4.79 Å². The maximum absolute atomic E-state index is 12.0. The van der Waals surface area contributed by atoms with Crippen LogP contribution in [-0.4, -0.2) is 36.5 Å². The number of hydrogen-bond donors (Lipinski definition) is 1. The Labute approximate surface area is 126 Å². The summed E-state index contributed by atoms with van der Waals surface area (Å²) in [6.45, 7) is 3.83. The second-order valence-corrected chi connectivity index (χ2v) is 5.09. The molecule has 1 unspecified atom stereocenters. The number of amides is 1. The standard InChI is InChI=1S/C15H22N2O2.ClH/c1-12(11-16)15(18)17-9-7-14(8-10-17)19-13-5-3-2-4-6-13;/h2-6,12,14H,7-11,16H2,1H3;1H. The number of carbonyl (C=O) groups excluding carboxylic acids is 1. The van der Waals surface area contributed by atoms with Gasteiger partial charge in [-0.2, -0.15) is 0 Å². The van der Waals surface area contributed by atoms with Gasteiger partial charge in [-0.15, -0.1) is 12.4 Å². The summed E-state index contributed by atoms with van der Waals surface area (Å²) in [6, 6.07) is 9.85. The number of benzene rings is 1. The lowest BCUT2D eigenvalue weighted by molar-refractivity contribution is -0.136. The van der Waals surface area contributed by atoms with Gasteiger partial charge >= 0.3 is 0 Å². The number of halogens is 1. The smallest absolute Gasteiger partial charge is 0.226 e. The Balaban J connectivity index is 0.00000200. The molecule has 0 aliphatic carbocycles. The number of nitrogens with zero attached hydrogens (tertiary/aromatic N) is 1. The van der Waals surface area contributed by atoms with E-state index in [0.29, 0.717) is 6.54 Å². The summed E-state index contributed by atoms with van der Waals surface area (Å²) in [7, 11) is 0. The van der Waals surface area contributed by atoms with E-state index in [1.54, 1.807) is 0 Å². The van der Waals surface area contributed by atoms with Crippen molar-refractivity contribution in [2.45, 2.75) is 25.9 Å². The fourth-order valence-corrected chi connectivity index (χ4v) is 2.30. The van der Waals surface area contributed by atoms with Crippen molar-refractivity contribution < 1.29 is 9.53 Å². The van der Waals surface area contributed by atoms with E-state index in [-0.39, 0.29) is 30.3 Å². The van der Waals surface area contributed by atoms with Crippen LogP contribution in [0.15, 0.2) is 30.3 Å². The van der Waals surface area contributed by atoms with Crippen LogP contribution < -0.4 is 10.5 Å². The van der Waals surface area contributed by atoms with Gasteiger partial charge in [-0.3, -0.25) is 4.79 Å². The van der Waals surface area contributed by atoms with Crippen molar-refractivity contribution in [3.8, 4) is 5.75 Å². The van der Waals surface area contributed by atoms with E-state index < -0.39 is 0 Å². The van der Waals surface area contributed by atoms with Crippen molar-refractivity contribution in [1.82, 2.24) is 4.90 Å². The van der Waals surface area contributed by atoms with Gasteiger partial charge in [0.05, 0.1) is 0 Å². The minimum Gasteiger partial charge on any atom is -0.490 e. The highest BCUT2D eigenvalue weighted by atomic mass is 35.5. The SMILES string of the molecule is CC(CN)C(=O)N1CCC(Oc2ccccc2)CC1.Cl. The number of piperidine rings is 1. The lowest BCUT2D eigenvalue weighted by atomic mass is 10.0. The predicted molar refractivity (Wildman–Crippen MR) is 82.1 cm³/mol. The summed E-state index contributed by atoms with van der Waals surface area (Å²) in [5.41, 5.74) is 5.54. The van der Waals surface area contributed by atoms with Crippen LogP contribution in [0.1, 0.15) is 19.8 Å². The fourth-order valence-electron chi connectivity index (χ4n) is 2.30. The number of hydrogen-bond acceptors (Lipinski definition) is 3. The van der Waals surface area contributed by atoms with Crippen LogP contribution in [0.2, 0.25) is 0 Å². The third-order valence-corrected chi connectivity index (χ3v) is 3.57. The Hall–Kier alpha value is -1.26. The zero-order valence-electron chi connectivity index (χ0n) is 11.8. The zero-order chi connectivity index (χ0) is 13.7. The van der Waals surface area contributed by atoms with Crippen LogP contribution >= 0.6 is 12.4 Å². The van der Waals surface area contributed by atoms with E-state index >= 15 is 0 Å². The molecule has 1 aliphatic rings. The van der Waals surface area contributed by atoms with Gasteiger partial charge in [0, 0.05) is 38.4 Å². The highest BCUT2D eigenvalue weighted by Crippen LogP contribution is 2.19. The Morgan fingerprint density at radius 2 is 1.95 bits per heavy atom. The average molecular weight is 299 g/mol. The molecule has 112 valence electrons. The van der Waals surface area contributed by atoms with Crippen molar-refractivity contribution in [1.29, 1.82) is 0 Å². The minimum absolute atomic E-state index is 0. The fraction of sp³-hybridized carbons (Fsp3) is 0.533. The maximum Gasteiger partial charge on any atom is 0.226 e. The van der Waals surface area contributed by atoms with Crippen molar-refractivity contribution in [3.63, 3.8) is 0 Å². The molecule has 1 atom stereocenters. The molecule has 0 aromatic heterocycles. The summed E-state index contributed by atoms with van der Waals surface area (Å²) < 4.78 is 5.91. The van der Waals surface area contributed by atoms with Gasteiger partial charge in [0.15, 0.2) is 0 Å². The number of likely N-dealkylation sites (tertiary alicyclic amines) is 1. The first-order valence-corrected chi connectivity index (χ1v) is 6.91. The van der Waals surface area contributed by atoms with E-state index in [2.05, 4.69) is 0 Å². The van der Waals surface area contributed by atoms with Crippen LogP contribution in [0, 0.1) is 5.92 Å². The van der Waals surface area contributed by atoms with Gasteiger partial charge in [0.2, 0.25) is 5.91 Å². The highest BCUT2D eigenvalue weighted by molar-refractivity contribution is 5.85. The molecule has 5 heteroatoms.